The lowest BCUT2D eigenvalue weighted by molar-refractivity contribution is -0.0686. The molecule has 1 aromatic rings. The van der Waals surface area contributed by atoms with Gasteiger partial charge in [0, 0.05) is 19.5 Å². The maximum atomic E-state index is 6.00. The molecule has 0 spiro atoms. The number of nitrogens with zero attached hydrogens (tertiary/aromatic N) is 1. The molecule has 2 aliphatic heterocycles. The summed E-state index contributed by atoms with van der Waals surface area (Å²) >= 11 is 0. The molecule has 0 amide bonds. The van der Waals surface area contributed by atoms with Crippen molar-refractivity contribution in [2.45, 2.75) is 25.5 Å². The minimum Gasteiger partial charge on any atom is -0.493 e. The van der Waals surface area contributed by atoms with Gasteiger partial charge in [-0.2, -0.15) is 0 Å². The summed E-state index contributed by atoms with van der Waals surface area (Å²) in [5.74, 6) is 1.05. The second kappa shape index (κ2) is 6.12. The van der Waals surface area contributed by atoms with Crippen molar-refractivity contribution >= 4 is 0 Å². The number of morpholine rings is 1. The fraction of sp³-hybridized carbons (Fsp3) is 0.625. The predicted molar refractivity (Wildman–Crippen MR) is 79.3 cm³/mol. The van der Waals surface area contributed by atoms with E-state index in [-0.39, 0.29) is 6.10 Å². The zero-order valence-electron chi connectivity index (χ0n) is 12.4. The van der Waals surface area contributed by atoms with Gasteiger partial charge in [0.1, 0.15) is 5.75 Å². The topological polar surface area (TPSA) is 33.7 Å². The Hall–Kier alpha value is -1.10. The summed E-state index contributed by atoms with van der Waals surface area (Å²) in [6.07, 6.45) is 1.24. The summed E-state index contributed by atoms with van der Waals surface area (Å²) in [5.41, 5.74) is 2.70. The SMILES string of the molecule is CCN1CCOC(CNC)C1c1ccc2c(c1)CCO2. The summed E-state index contributed by atoms with van der Waals surface area (Å²) in [7, 11) is 1.99. The minimum absolute atomic E-state index is 0.217. The average molecular weight is 276 g/mol. The molecule has 0 radical (unpaired) electrons. The molecule has 4 nitrogen and oxygen atoms in total. The van der Waals surface area contributed by atoms with E-state index in [0.717, 1.165) is 45.0 Å². The molecule has 110 valence electrons. The first-order chi connectivity index (χ1) is 9.83. The lowest BCUT2D eigenvalue weighted by atomic mass is 9.95. The van der Waals surface area contributed by atoms with Gasteiger partial charge in [-0.15, -0.1) is 0 Å². The Morgan fingerprint density at radius 3 is 3.05 bits per heavy atom. The molecule has 2 heterocycles. The van der Waals surface area contributed by atoms with Crippen LogP contribution in [0.3, 0.4) is 0 Å². The highest BCUT2D eigenvalue weighted by molar-refractivity contribution is 5.41. The summed E-state index contributed by atoms with van der Waals surface area (Å²) in [5, 5.41) is 3.26. The maximum absolute atomic E-state index is 6.00. The third-order valence-electron chi connectivity index (χ3n) is 4.32. The standard InChI is InChI=1S/C16H24N2O2/c1-3-18-7-9-20-15(11-17-2)16(18)13-4-5-14-12(10-13)6-8-19-14/h4-5,10,15-17H,3,6-9,11H2,1-2H3. The molecule has 0 bridgehead atoms. The van der Waals surface area contributed by atoms with Crippen LogP contribution in [0.5, 0.6) is 5.75 Å². The molecule has 0 aromatic heterocycles. The smallest absolute Gasteiger partial charge is 0.122 e. The van der Waals surface area contributed by atoms with Crippen LogP contribution in [0.25, 0.3) is 0 Å². The van der Waals surface area contributed by atoms with E-state index in [9.17, 15) is 0 Å². The predicted octanol–water partition coefficient (Wildman–Crippen LogP) is 1.60. The van der Waals surface area contributed by atoms with Crippen molar-refractivity contribution in [2.75, 3.05) is 39.9 Å². The average Bonchev–Trinajstić information content (AvgIpc) is 2.94. The van der Waals surface area contributed by atoms with E-state index >= 15 is 0 Å². The largest absolute Gasteiger partial charge is 0.493 e. The molecule has 2 atom stereocenters. The van der Waals surface area contributed by atoms with Gasteiger partial charge in [0.15, 0.2) is 0 Å². The molecule has 0 saturated carbocycles. The summed E-state index contributed by atoms with van der Waals surface area (Å²) in [6.45, 7) is 6.82. The first kappa shape index (κ1) is 13.9. The fourth-order valence-corrected chi connectivity index (χ4v) is 3.33. The zero-order valence-corrected chi connectivity index (χ0v) is 12.4. The van der Waals surface area contributed by atoms with Crippen molar-refractivity contribution in [1.29, 1.82) is 0 Å². The third kappa shape index (κ3) is 2.55. The van der Waals surface area contributed by atoms with Crippen LogP contribution in [0.1, 0.15) is 24.1 Å². The van der Waals surface area contributed by atoms with Crippen LogP contribution in [0.2, 0.25) is 0 Å². The van der Waals surface area contributed by atoms with Crippen LogP contribution in [0.4, 0.5) is 0 Å². The van der Waals surface area contributed by atoms with E-state index in [1.54, 1.807) is 0 Å². The normalized spacial score (nSPS) is 26.3. The third-order valence-corrected chi connectivity index (χ3v) is 4.32. The molecular weight excluding hydrogens is 252 g/mol. The van der Waals surface area contributed by atoms with Crippen LogP contribution in [0, 0.1) is 0 Å². The number of nitrogens with one attached hydrogen (secondary N) is 1. The van der Waals surface area contributed by atoms with Crippen molar-refractivity contribution in [1.82, 2.24) is 10.2 Å². The van der Waals surface area contributed by atoms with Crippen LogP contribution in [-0.4, -0.2) is 50.9 Å². The Labute approximate surface area is 121 Å². The summed E-state index contributed by atoms with van der Waals surface area (Å²) in [6, 6.07) is 6.98. The summed E-state index contributed by atoms with van der Waals surface area (Å²) < 4.78 is 11.6. The van der Waals surface area contributed by atoms with Gasteiger partial charge in [-0.3, -0.25) is 4.90 Å². The van der Waals surface area contributed by atoms with Gasteiger partial charge in [-0.1, -0.05) is 19.1 Å². The molecule has 1 N–H and O–H groups in total. The fourth-order valence-electron chi connectivity index (χ4n) is 3.33. The van der Waals surface area contributed by atoms with E-state index in [1.165, 1.54) is 11.1 Å². The van der Waals surface area contributed by atoms with Gasteiger partial charge < -0.3 is 14.8 Å². The second-order valence-electron chi connectivity index (χ2n) is 5.51. The van der Waals surface area contributed by atoms with E-state index < -0.39 is 0 Å². The van der Waals surface area contributed by atoms with Gasteiger partial charge in [0.05, 0.1) is 25.4 Å². The highest BCUT2D eigenvalue weighted by Crippen LogP contribution is 2.34. The molecule has 4 heteroatoms. The zero-order chi connectivity index (χ0) is 13.9. The number of benzene rings is 1. The van der Waals surface area contributed by atoms with Crippen LogP contribution in [0.15, 0.2) is 18.2 Å². The van der Waals surface area contributed by atoms with Gasteiger partial charge >= 0.3 is 0 Å². The van der Waals surface area contributed by atoms with Gasteiger partial charge in [0.2, 0.25) is 0 Å². The molecule has 1 aromatic carbocycles. The molecular formula is C16H24N2O2. The molecule has 1 fully saturated rings. The maximum Gasteiger partial charge on any atom is 0.122 e. The number of hydrogen-bond acceptors (Lipinski definition) is 4. The highest BCUT2D eigenvalue weighted by atomic mass is 16.5. The van der Waals surface area contributed by atoms with Crippen molar-refractivity contribution in [3.8, 4) is 5.75 Å². The first-order valence-corrected chi connectivity index (χ1v) is 7.59. The lowest BCUT2D eigenvalue weighted by Gasteiger charge is -2.41. The van der Waals surface area contributed by atoms with E-state index in [4.69, 9.17) is 9.47 Å². The molecule has 0 aliphatic carbocycles. The van der Waals surface area contributed by atoms with Crippen LogP contribution in [-0.2, 0) is 11.2 Å². The van der Waals surface area contributed by atoms with Gasteiger partial charge in [-0.05, 0) is 30.8 Å². The lowest BCUT2D eigenvalue weighted by Crippen LogP contribution is -2.48. The Morgan fingerprint density at radius 2 is 2.25 bits per heavy atom. The molecule has 20 heavy (non-hydrogen) atoms. The summed E-state index contributed by atoms with van der Waals surface area (Å²) in [4.78, 5) is 2.52. The van der Waals surface area contributed by atoms with Crippen LogP contribution >= 0.6 is 0 Å². The van der Waals surface area contributed by atoms with Crippen molar-refractivity contribution in [2.24, 2.45) is 0 Å². The highest BCUT2D eigenvalue weighted by Gasteiger charge is 2.32. The second-order valence-corrected chi connectivity index (χ2v) is 5.51. The molecule has 2 aliphatic rings. The number of fused-ring (bicyclic) bond motifs is 1. The quantitative estimate of drug-likeness (QED) is 0.906. The first-order valence-electron chi connectivity index (χ1n) is 7.59. The number of likely N-dealkylation sites (N-methyl/N-ethyl adjacent to an activating group) is 2. The van der Waals surface area contributed by atoms with E-state index in [1.807, 2.05) is 7.05 Å². The number of rotatable bonds is 4. The van der Waals surface area contributed by atoms with Crippen molar-refractivity contribution < 1.29 is 9.47 Å². The Balaban J connectivity index is 1.90. The monoisotopic (exact) mass is 276 g/mol. The van der Waals surface area contributed by atoms with Gasteiger partial charge in [-0.25, -0.2) is 0 Å². The van der Waals surface area contributed by atoms with Gasteiger partial charge in [0.25, 0.3) is 0 Å². The number of hydrogen-bond donors (Lipinski definition) is 1. The Kier molecular flexibility index (Phi) is 4.24. The Morgan fingerprint density at radius 1 is 1.35 bits per heavy atom. The van der Waals surface area contributed by atoms with Crippen molar-refractivity contribution in [3.05, 3.63) is 29.3 Å². The number of ether oxygens (including phenoxy) is 2. The Bertz CT molecular complexity index is 462. The van der Waals surface area contributed by atoms with E-state index in [0.29, 0.717) is 6.04 Å². The van der Waals surface area contributed by atoms with Crippen molar-refractivity contribution in [3.63, 3.8) is 0 Å². The minimum atomic E-state index is 0.217. The molecule has 2 unspecified atom stereocenters. The van der Waals surface area contributed by atoms with Crippen LogP contribution < -0.4 is 10.1 Å². The van der Waals surface area contributed by atoms with E-state index in [2.05, 4.69) is 35.3 Å². The molecule has 1 saturated heterocycles. The molecule has 3 rings (SSSR count).